The van der Waals surface area contributed by atoms with Gasteiger partial charge in [-0.15, -0.1) is 0 Å². The third kappa shape index (κ3) is 5.21. The molecular weight excluding hydrogens is 569 g/mol. The van der Waals surface area contributed by atoms with Crippen LogP contribution in [0.2, 0.25) is 0 Å². The Labute approximate surface area is 262 Å². The molecule has 0 saturated carbocycles. The summed E-state index contributed by atoms with van der Waals surface area (Å²) in [6.07, 6.45) is 4.55. The lowest BCUT2D eigenvalue weighted by Gasteiger charge is -2.16. The molecule has 0 spiro atoms. The van der Waals surface area contributed by atoms with Gasteiger partial charge in [0.1, 0.15) is 17.3 Å². The number of carbonyl (C=O) groups is 1. The second-order valence-corrected chi connectivity index (χ2v) is 11.9. The van der Waals surface area contributed by atoms with E-state index in [1.54, 1.807) is 10.7 Å². The van der Waals surface area contributed by atoms with Crippen molar-refractivity contribution in [2.45, 2.75) is 65.7 Å². The van der Waals surface area contributed by atoms with E-state index in [-0.39, 0.29) is 19.0 Å². The first-order valence-electron chi connectivity index (χ1n) is 15.9. The molecular formula is C37H38FN3O4. The van der Waals surface area contributed by atoms with Crippen LogP contribution >= 0.6 is 0 Å². The van der Waals surface area contributed by atoms with Crippen molar-refractivity contribution in [2.75, 3.05) is 13.2 Å². The lowest BCUT2D eigenvalue weighted by Crippen LogP contribution is -2.16. The Bertz CT molecular complexity index is 1920. The topological polar surface area (TPSA) is 67.5 Å². The maximum atomic E-state index is 16.2. The van der Waals surface area contributed by atoms with E-state index in [2.05, 4.69) is 12.1 Å². The Morgan fingerprint density at radius 3 is 2.67 bits per heavy atom. The van der Waals surface area contributed by atoms with E-state index in [1.807, 2.05) is 55.8 Å². The van der Waals surface area contributed by atoms with E-state index < -0.39 is 5.97 Å². The van der Waals surface area contributed by atoms with E-state index in [1.165, 1.54) is 17.2 Å². The molecule has 0 saturated heterocycles. The van der Waals surface area contributed by atoms with Crippen molar-refractivity contribution >= 4 is 16.9 Å². The molecule has 3 heterocycles. The molecule has 0 unspecified atom stereocenters. The number of fused-ring (bicyclic) bond motifs is 4. The van der Waals surface area contributed by atoms with Crippen LogP contribution in [0.1, 0.15) is 69.5 Å². The summed E-state index contributed by atoms with van der Waals surface area (Å²) in [6.45, 7) is 5.46. The van der Waals surface area contributed by atoms with Crippen LogP contribution in [0.5, 0.6) is 5.75 Å². The molecule has 0 bridgehead atoms. The van der Waals surface area contributed by atoms with Gasteiger partial charge in [-0.05, 0) is 92.0 Å². The van der Waals surface area contributed by atoms with Crippen LogP contribution in [-0.2, 0) is 55.5 Å². The zero-order valence-electron chi connectivity index (χ0n) is 26.1. The van der Waals surface area contributed by atoms with Crippen molar-refractivity contribution in [1.29, 1.82) is 0 Å². The van der Waals surface area contributed by atoms with E-state index in [0.29, 0.717) is 60.6 Å². The summed E-state index contributed by atoms with van der Waals surface area (Å²) in [5, 5.41) is 5.56. The molecule has 232 valence electrons. The largest absolute Gasteiger partial charge is 0.493 e. The van der Waals surface area contributed by atoms with Crippen LogP contribution in [0.3, 0.4) is 0 Å². The molecule has 3 aromatic carbocycles. The summed E-state index contributed by atoms with van der Waals surface area (Å²) in [7, 11) is 1.86. The Balaban J connectivity index is 1.39. The Morgan fingerprint density at radius 2 is 1.82 bits per heavy atom. The predicted molar refractivity (Wildman–Crippen MR) is 171 cm³/mol. The van der Waals surface area contributed by atoms with E-state index in [9.17, 15) is 4.79 Å². The number of rotatable bonds is 7. The average molecular weight is 608 g/mol. The third-order valence-corrected chi connectivity index (χ3v) is 9.28. The molecule has 2 aromatic heterocycles. The molecule has 7 rings (SSSR count). The molecule has 1 aliphatic carbocycles. The first kappa shape index (κ1) is 29.3. The van der Waals surface area contributed by atoms with Gasteiger partial charge in [-0.3, -0.25) is 4.68 Å². The van der Waals surface area contributed by atoms with E-state index in [0.717, 1.165) is 52.8 Å². The highest BCUT2D eigenvalue weighted by Crippen LogP contribution is 2.41. The maximum Gasteiger partial charge on any atom is 0.355 e. The number of hydrogen-bond acceptors (Lipinski definition) is 5. The molecule has 45 heavy (non-hydrogen) atoms. The summed E-state index contributed by atoms with van der Waals surface area (Å²) >= 11 is 0. The fraction of sp³-hybridized carbons (Fsp3) is 0.351. The van der Waals surface area contributed by atoms with Gasteiger partial charge in [-0.2, -0.15) is 5.10 Å². The van der Waals surface area contributed by atoms with E-state index in [4.69, 9.17) is 19.3 Å². The number of aromatic nitrogens is 3. The number of halogens is 1. The van der Waals surface area contributed by atoms with Crippen LogP contribution in [0.4, 0.5) is 4.39 Å². The second kappa shape index (κ2) is 12.2. The first-order valence-corrected chi connectivity index (χ1v) is 15.9. The number of ether oxygens (including phenoxy) is 3. The lowest BCUT2D eigenvalue weighted by atomic mass is 9.97. The molecule has 7 nitrogen and oxygen atoms in total. The van der Waals surface area contributed by atoms with Crippen molar-refractivity contribution in [3.8, 4) is 16.9 Å². The molecule has 0 fully saturated rings. The number of aryl methyl sites for hydroxylation is 3. The predicted octanol–water partition coefficient (Wildman–Crippen LogP) is 7.24. The maximum absolute atomic E-state index is 16.2. The van der Waals surface area contributed by atoms with E-state index >= 15 is 4.39 Å². The lowest BCUT2D eigenvalue weighted by molar-refractivity contribution is 0.0513. The molecule has 0 N–H and O–H groups in total. The van der Waals surface area contributed by atoms with Crippen molar-refractivity contribution in [3.63, 3.8) is 0 Å². The summed E-state index contributed by atoms with van der Waals surface area (Å²) in [4.78, 5) is 13.9. The minimum atomic E-state index is -0.413. The van der Waals surface area contributed by atoms with Crippen molar-refractivity contribution < 1.29 is 23.4 Å². The zero-order chi connectivity index (χ0) is 31.1. The molecule has 5 aromatic rings. The number of hydrogen-bond donors (Lipinski definition) is 0. The minimum Gasteiger partial charge on any atom is -0.493 e. The van der Waals surface area contributed by atoms with Crippen molar-refractivity contribution in [1.82, 2.24) is 14.3 Å². The van der Waals surface area contributed by atoms with Gasteiger partial charge >= 0.3 is 5.97 Å². The monoisotopic (exact) mass is 607 g/mol. The number of benzene rings is 3. The minimum absolute atomic E-state index is 0.236. The van der Waals surface area contributed by atoms with Gasteiger partial charge in [0.2, 0.25) is 0 Å². The summed E-state index contributed by atoms with van der Waals surface area (Å²) in [5.74, 6) is 0.174. The van der Waals surface area contributed by atoms with Crippen LogP contribution in [0.25, 0.3) is 22.0 Å². The molecule has 8 heteroatoms. The summed E-state index contributed by atoms with van der Waals surface area (Å²) in [6, 6.07) is 17.7. The fourth-order valence-corrected chi connectivity index (χ4v) is 7.11. The van der Waals surface area contributed by atoms with Gasteiger partial charge in [-0.1, -0.05) is 36.4 Å². The summed E-state index contributed by atoms with van der Waals surface area (Å²) < 4.78 is 38.1. The average Bonchev–Trinajstić information content (AvgIpc) is 3.71. The van der Waals surface area contributed by atoms with Crippen LogP contribution in [0.15, 0.2) is 54.6 Å². The van der Waals surface area contributed by atoms with Gasteiger partial charge in [0.05, 0.1) is 37.6 Å². The first-order chi connectivity index (χ1) is 22.0. The SMILES string of the molecule is CCOC(=O)c1c(CCCOc2cccc3c2CCC3)c2ccc(F)c3c2n1Cc1ccccc1COCc1nn(C)c(C)c1-3. The highest BCUT2D eigenvalue weighted by atomic mass is 19.1. The number of carbonyl (C=O) groups excluding carboxylic acids is 1. The molecule has 0 amide bonds. The highest BCUT2D eigenvalue weighted by Gasteiger charge is 2.30. The van der Waals surface area contributed by atoms with Gasteiger partial charge in [-0.25, -0.2) is 9.18 Å². The zero-order valence-corrected chi connectivity index (χ0v) is 26.1. The smallest absolute Gasteiger partial charge is 0.355 e. The number of esters is 1. The van der Waals surface area contributed by atoms with Crippen LogP contribution in [0, 0.1) is 12.7 Å². The molecule has 1 aliphatic heterocycles. The van der Waals surface area contributed by atoms with Gasteiger partial charge < -0.3 is 18.8 Å². The third-order valence-electron chi connectivity index (χ3n) is 9.28. The van der Waals surface area contributed by atoms with Gasteiger partial charge in [0.25, 0.3) is 0 Å². The molecule has 2 aliphatic rings. The quantitative estimate of drug-likeness (QED) is 0.144. The van der Waals surface area contributed by atoms with Gasteiger partial charge in [0, 0.05) is 35.8 Å². The Hall–Kier alpha value is -4.43. The number of nitrogens with zero attached hydrogens (tertiary/aromatic N) is 3. The highest BCUT2D eigenvalue weighted by molar-refractivity contribution is 6.05. The summed E-state index contributed by atoms with van der Waals surface area (Å²) in [5.41, 5.74) is 9.29. The van der Waals surface area contributed by atoms with Crippen molar-refractivity contribution in [2.24, 2.45) is 7.05 Å². The normalized spacial score (nSPS) is 14.0. The van der Waals surface area contributed by atoms with Gasteiger partial charge in [0.15, 0.2) is 0 Å². The van der Waals surface area contributed by atoms with Crippen LogP contribution < -0.4 is 4.74 Å². The molecule has 0 radical (unpaired) electrons. The van der Waals surface area contributed by atoms with Crippen LogP contribution in [-0.4, -0.2) is 33.5 Å². The molecule has 0 atom stereocenters. The second-order valence-electron chi connectivity index (χ2n) is 11.9. The Kier molecular flexibility index (Phi) is 7.92. The standard InChI is InChI=1S/C37H38FN3O4/c1-4-44-37(42)36-28(15-9-19-45-32-16-8-13-24-12-7-14-27(24)32)29-17-18-30(38)34-33-23(2)40(3)39-31(33)22-43-21-26-11-6-5-10-25(26)20-41(36)35(29)34/h5-6,8,10-11,13,16-18H,4,7,9,12,14-15,19-22H2,1-3H3. The fourth-order valence-electron chi connectivity index (χ4n) is 7.11. The Morgan fingerprint density at radius 1 is 1.00 bits per heavy atom. The van der Waals surface area contributed by atoms with Crippen molar-refractivity contribution in [3.05, 3.63) is 105 Å².